The van der Waals surface area contributed by atoms with Gasteiger partial charge in [0.05, 0.1) is 10.9 Å². The van der Waals surface area contributed by atoms with Gasteiger partial charge in [-0.1, -0.05) is 25.4 Å². The Hall–Kier alpha value is -0.910. The lowest BCUT2D eigenvalue weighted by Crippen LogP contribution is -2.42. The minimum Gasteiger partial charge on any atom is -0.298 e. The first-order valence-electron chi connectivity index (χ1n) is 6.65. The minimum atomic E-state index is -3.63. The van der Waals surface area contributed by atoms with Crippen LogP contribution < -0.4 is 0 Å². The van der Waals surface area contributed by atoms with Gasteiger partial charge in [0.15, 0.2) is 5.78 Å². The molecular formula is C14H18ClNO3S. The van der Waals surface area contributed by atoms with Gasteiger partial charge in [-0.15, -0.1) is 0 Å². The van der Waals surface area contributed by atoms with E-state index in [9.17, 15) is 13.2 Å². The van der Waals surface area contributed by atoms with Crippen molar-refractivity contribution in [3.05, 3.63) is 29.3 Å². The van der Waals surface area contributed by atoms with Crippen molar-refractivity contribution < 1.29 is 13.2 Å². The molecule has 4 nitrogen and oxygen atoms in total. The first kappa shape index (κ1) is 15.5. The van der Waals surface area contributed by atoms with Crippen LogP contribution in [0.5, 0.6) is 0 Å². The van der Waals surface area contributed by atoms with Gasteiger partial charge in [0.1, 0.15) is 0 Å². The average Bonchev–Trinajstić information content (AvgIpc) is 2.88. The van der Waals surface area contributed by atoms with E-state index >= 15 is 0 Å². The van der Waals surface area contributed by atoms with Gasteiger partial charge in [0.25, 0.3) is 0 Å². The van der Waals surface area contributed by atoms with Gasteiger partial charge >= 0.3 is 0 Å². The van der Waals surface area contributed by atoms with Gasteiger partial charge < -0.3 is 0 Å². The summed E-state index contributed by atoms with van der Waals surface area (Å²) in [4.78, 5) is 12.3. The number of benzene rings is 1. The van der Waals surface area contributed by atoms with E-state index in [4.69, 9.17) is 11.6 Å². The number of carbonyl (C=O) groups excluding carboxylic acids is 1. The summed E-state index contributed by atoms with van der Waals surface area (Å²) in [6, 6.07) is 5.52. The van der Waals surface area contributed by atoms with Crippen LogP contribution in [0.4, 0.5) is 0 Å². The van der Waals surface area contributed by atoms with E-state index in [0.29, 0.717) is 18.0 Å². The Morgan fingerprint density at radius 2 is 1.90 bits per heavy atom. The van der Waals surface area contributed by atoms with E-state index in [1.165, 1.54) is 16.4 Å². The Morgan fingerprint density at radius 3 is 2.45 bits per heavy atom. The quantitative estimate of drug-likeness (QED) is 0.858. The van der Waals surface area contributed by atoms with Crippen LogP contribution in [-0.2, 0) is 14.8 Å². The maximum atomic E-state index is 12.6. The number of hydrogen-bond acceptors (Lipinski definition) is 3. The second-order valence-corrected chi connectivity index (χ2v) is 7.61. The lowest BCUT2D eigenvalue weighted by Gasteiger charge is -2.24. The van der Waals surface area contributed by atoms with Crippen LogP contribution in [0.15, 0.2) is 29.2 Å². The number of hydrogen-bond donors (Lipinski definition) is 0. The molecule has 1 aromatic rings. The van der Waals surface area contributed by atoms with Crippen molar-refractivity contribution in [2.75, 3.05) is 6.54 Å². The summed E-state index contributed by atoms with van der Waals surface area (Å²) in [6.07, 6.45) is 1.32. The number of nitrogens with zero attached hydrogens (tertiary/aromatic N) is 1. The third-order valence-electron chi connectivity index (χ3n) is 3.52. The molecule has 0 radical (unpaired) electrons. The smallest absolute Gasteiger partial charge is 0.243 e. The predicted octanol–water partition coefficient (Wildman–Crippen LogP) is 2.72. The Bertz CT molecular complexity index is 595. The van der Waals surface area contributed by atoms with Crippen LogP contribution in [0.3, 0.4) is 0 Å². The summed E-state index contributed by atoms with van der Waals surface area (Å²) in [7, 11) is -3.63. The molecule has 0 aliphatic carbocycles. The van der Waals surface area contributed by atoms with E-state index in [0.717, 1.165) is 6.42 Å². The van der Waals surface area contributed by atoms with Crippen molar-refractivity contribution in [3.63, 3.8) is 0 Å². The number of halogens is 1. The Morgan fingerprint density at radius 1 is 1.30 bits per heavy atom. The molecule has 1 heterocycles. The highest BCUT2D eigenvalue weighted by atomic mass is 35.5. The molecule has 6 heteroatoms. The van der Waals surface area contributed by atoms with Crippen LogP contribution in [0.25, 0.3) is 0 Å². The Balaban J connectivity index is 2.33. The molecule has 1 atom stereocenters. The molecule has 1 aliphatic rings. The molecular weight excluding hydrogens is 298 g/mol. The largest absolute Gasteiger partial charge is 0.298 e. The Labute approximate surface area is 124 Å². The highest BCUT2D eigenvalue weighted by Crippen LogP contribution is 2.28. The number of ketones is 1. The monoisotopic (exact) mass is 315 g/mol. The normalized spacial score (nSPS) is 20.5. The maximum absolute atomic E-state index is 12.6. The molecule has 110 valence electrons. The topological polar surface area (TPSA) is 54.5 Å². The molecule has 0 spiro atoms. The van der Waals surface area contributed by atoms with Crippen molar-refractivity contribution >= 4 is 27.4 Å². The van der Waals surface area contributed by atoms with Gasteiger partial charge in [-0.25, -0.2) is 8.42 Å². The number of Topliss-reactive ketones (excluding diaryl/α,β-unsaturated/α-hetero) is 1. The van der Waals surface area contributed by atoms with E-state index < -0.39 is 16.1 Å². The van der Waals surface area contributed by atoms with Crippen LogP contribution >= 0.6 is 11.6 Å². The molecule has 20 heavy (non-hydrogen) atoms. The molecule has 0 saturated carbocycles. The van der Waals surface area contributed by atoms with E-state index in [1.54, 1.807) is 26.0 Å². The van der Waals surface area contributed by atoms with Gasteiger partial charge in [0, 0.05) is 17.5 Å². The standard InChI is InChI=1S/C14H18ClNO3S/c1-10(2)14(17)13-4-3-9-16(13)20(18,19)12-7-5-11(15)6-8-12/h5-8,10,13H,3-4,9H2,1-2H3/t13-/m0/s1. The van der Waals surface area contributed by atoms with E-state index in [-0.39, 0.29) is 16.6 Å². The summed E-state index contributed by atoms with van der Waals surface area (Å²) in [5.41, 5.74) is 0. The van der Waals surface area contributed by atoms with Crippen molar-refractivity contribution in [1.29, 1.82) is 0 Å². The summed E-state index contributed by atoms with van der Waals surface area (Å²) in [6.45, 7) is 4.00. The predicted molar refractivity (Wildman–Crippen MR) is 78.2 cm³/mol. The lowest BCUT2D eigenvalue weighted by molar-refractivity contribution is -0.125. The average molecular weight is 316 g/mol. The second-order valence-electron chi connectivity index (χ2n) is 5.28. The lowest BCUT2D eigenvalue weighted by atomic mass is 10.0. The highest BCUT2D eigenvalue weighted by molar-refractivity contribution is 7.89. The van der Waals surface area contributed by atoms with Gasteiger partial charge in [0.2, 0.25) is 10.0 Å². The molecule has 1 saturated heterocycles. The van der Waals surface area contributed by atoms with E-state index in [1.807, 2.05) is 0 Å². The summed E-state index contributed by atoms with van der Waals surface area (Å²) in [5, 5.41) is 0.486. The minimum absolute atomic E-state index is 0.0139. The molecule has 2 rings (SSSR count). The van der Waals surface area contributed by atoms with Crippen LogP contribution in [-0.4, -0.2) is 31.1 Å². The summed E-state index contributed by atoms with van der Waals surface area (Å²) in [5.74, 6) is -0.180. The number of rotatable bonds is 4. The molecule has 0 unspecified atom stereocenters. The van der Waals surface area contributed by atoms with E-state index in [2.05, 4.69) is 0 Å². The summed E-state index contributed by atoms with van der Waals surface area (Å²) < 4.78 is 26.6. The van der Waals surface area contributed by atoms with Crippen molar-refractivity contribution in [2.24, 2.45) is 5.92 Å². The van der Waals surface area contributed by atoms with Crippen molar-refractivity contribution in [1.82, 2.24) is 4.31 Å². The number of carbonyl (C=O) groups is 1. The third kappa shape index (κ3) is 2.90. The van der Waals surface area contributed by atoms with Gasteiger partial charge in [-0.05, 0) is 37.1 Å². The molecule has 0 amide bonds. The molecule has 0 bridgehead atoms. The van der Waals surface area contributed by atoms with Gasteiger partial charge in [-0.3, -0.25) is 4.79 Å². The maximum Gasteiger partial charge on any atom is 0.243 e. The van der Waals surface area contributed by atoms with Gasteiger partial charge in [-0.2, -0.15) is 4.31 Å². The molecule has 1 aromatic carbocycles. The fraction of sp³-hybridized carbons (Fsp3) is 0.500. The third-order valence-corrected chi connectivity index (χ3v) is 5.70. The summed E-state index contributed by atoms with van der Waals surface area (Å²) >= 11 is 5.78. The van der Waals surface area contributed by atoms with Crippen LogP contribution in [0.2, 0.25) is 5.02 Å². The second kappa shape index (κ2) is 5.84. The zero-order chi connectivity index (χ0) is 14.9. The first-order valence-corrected chi connectivity index (χ1v) is 8.47. The molecule has 1 aliphatic heterocycles. The van der Waals surface area contributed by atoms with Crippen LogP contribution in [0.1, 0.15) is 26.7 Å². The Kier molecular flexibility index (Phi) is 4.52. The fourth-order valence-corrected chi connectivity index (χ4v) is 4.23. The molecule has 0 N–H and O–H groups in total. The first-order chi connectivity index (χ1) is 9.34. The SMILES string of the molecule is CC(C)C(=O)[C@@H]1CCCN1S(=O)(=O)c1ccc(Cl)cc1. The molecule has 1 fully saturated rings. The van der Waals surface area contributed by atoms with Crippen LogP contribution in [0, 0.1) is 5.92 Å². The van der Waals surface area contributed by atoms with Crippen molar-refractivity contribution in [2.45, 2.75) is 37.6 Å². The van der Waals surface area contributed by atoms with Crippen molar-refractivity contribution in [3.8, 4) is 0 Å². The zero-order valence-corrected chi connectivity index (χ0v) is 13.1. The molecule has 0 aromatic heterocycles. The fourth-order valence-electron chi connectivity index (χ4n) is 2.44. The number of sulfonamides is 1. The zero-order valence-electron chi connectivity index (χ0n) is 11.5. The highest BCUT2D eigenvalue weighted by Gasteiger charge is 2.39.